The molecule has 1 N–H and O–H groups in total. The molecule has 0 unspecified atom stereocenters. The van der Waals surface area contributed by atoms with Gasteiger partial charge in [-0.3, -0.25) is 4.79 Å². The number of carbonyl (C=O) groups excluding carboxylic acids is 1. The standard InChI is InChI=1S/C15H22N2O2/c1-17(2)12-4-11-16-15(18)10-7-13-5-8-14(19-3)9-6-13/h5-10H,4,11-12H2,1-3H3,(H,16,18)/b10-7+. The number of ether oxygens (including phenoxy) is 1. The van der Waals surface area contributed by atoms with E-state index in [9.17, 15) is 4.79 Å². The maximum absolute atomic E-state index is 11.5. The van der Waals surface area contributed by atoms with Crippen LogP contribution in [-0.4, -0.2) is 45.1 Å². The number of amides is 1. The molecule has 1 aromatic rings. The molecule has 1 aromatic carbocycles. The van der Waals surface area contributed by atoms with Crippen LogP contribution < -0.4 is 10.1 Å². The number of nitrogens with one attached hydrogen (secondary N) is 1. The molecule has 0 aliphatic heterocycles. The maximum Gasteiger partial charge on any atom is 0.243 e. The molecule has 4 heteroatoms. The Balaban J connectivity index is 2.32. The largest absolute Gasteiger partial charge is 0.497 e. The molecule has 1 rings (SSSR count). The molecule has 0 aliphatic rings. The van der Waals surface area contributed by atoms with Gasteiger partial charge >= 0.3 is 0 Å². The van der Waals surface area contributed by atoms with Crippen molar-refractivity contribution < 1.29 is 9.53 Å². The van der Waals surface area contributed by atoms with Gasteiger partial charge in [0.05, 0.1) is 7.11 Å². The lowest BCUT2D eigenvalue weighted by molar-refractivity contribution is -0.116. The molecule has 0 saturated carbocycles. The van der Waals surface area contributed by atoms with Gasteiger partial charge in [-0.05, 0) is 50.8 Å². The Bertz CT molecular complexity index is 411. The van der Waals surface area contributed by atoms with Crippen molar-refractivity contribution in [1.82, 2.24) is 10.2 Å². The number of benzene rings is 1. The SMILES string of the molecule is COc1ccc(/C=C/C(=O)NCCCN(C)C)cc1. The molecule has 0 radical (unpaired) electrons. The molecule has 0 spiro atoms. The second-order valence-corrected chi connectivity index (χ2v) is 4.55. The topological polar surface area (TPSA) is 41.6 Å². The average Bonchev–Trinajstić information content (AvgIpc) is 2.41. The van der Waals surface area contributed by atoms with Crippen molar-refractivity contribution >= 4 is 12.0 Å². The fourth-order valence-corrected chi connectivity index (χ4v) is 1.55. The van der Waals surface area contributed by atoms with Gasteiger partial charge in [0.1, 0.15) is 5.75 Å². The highest BCUT2D eigenvalue weighted by atomic mass is 16.5. The van der Waals surface area contributed by atoms with E-state index in [0.29, 0.717) is 6.54 Å². The Hall–Kier alpha value is -1.81. The third-order valence-electron chi connectivity index (χ3n) is 2.62. The molecule has 0 fully saturated rings. The number of methoxy groups -OCH3 is 1. The second-order valence-electron chi connectivity index (χ2n) is 4.55. The summed E-state index contributed by atoms with van der Waals surface area (Å²) in [6.07, 6.45) is 4.30. The first kappa shape index (κ1) is 15.2. The highest BCUT2D eigenvalue weighted by molar-refractivity contribution is 5.91. The lowest BCUT2D eigenvalue weighted by Crippen LogP contribution is -2.25. The predicted molar refractivity (Wildman–Crippen MR) is 78.2 cm³/mol. The van der Waals surface area contributed by atoms with E-state index in [4.69, 9.17) is 4.74 Å². The summed E-state index contributed by atoms with van der Waals surface area (Å²) in [6.45, 7) is 1.67. The van der Waals surface area contributed by atoms with E-state index in [0.717, 1.165) is 24.3 Å². The zero-order chi connectivity index (χ0) is 14.1. The van der Waals surface area contributed by atoms with Crippen LogP contribution in [0.3, 0.4) is 0 Å². The lowest BCUT2D eigenvalue weighted by Gasteiger charge is -2.08. The van der Waals surface area contributed by atoms with E-state index in [2.05, 4.69) is 10.2 Å². The number of hydrogen-bond donors (Lipinski definition) is 1. The van der Waals surface area contributed by atoms with Crippen molar-refractivity contribution in [3.05, 3.63) is 35.9 Å². The number of rotatable bonds is 7. The Kier molecular flexibility index (Phi) is 6.68. The molecule has 1 amide bonds. The number of hydrogen-bond acceptors (Lipinski definition) is 3. The Labute approximate surface area is 115 Å². The molecule has 0 heterocycles. The molecule has 104 valence electrons. The van der Waals surface area contributed by atoms with Crippen molar-refractivity contribution in [3.8, 4) is 5.75 Å². The minimum atomic E-state index is -0.0606. The molecule has 0 atom stereocenters. The van der Waals surface area contributed by atoms with Crippen LogP contribution in [0.4, 0.5) is 0 Å². The summed E-state index contributed by atoms with van der Waals surface area (Å²) in [7, 11) is 5.67. The van der Waals surface area contributed by atoms with Crippen LogP contribution in [0.1, 0.15) is 12.0 Å². The normalized spacial score (nSPS) is 10.9. The fraction of sp³-hybridized carbons (Fsp3) is 0.400. The van der Waals surface area contributed by atoms with E-state index < -0.39 is 0 Å². The summed E-state index contributed by atoms with van der Waals surface area (Å²) in [6, 6.07) is 7.56. The van der Waals surface area contributed by atoms with E-state index in [1.807, 2.05) is 38.4 Å². The van der Waals surface area contributed by atoms with Crippen LogP contribution in [0.25, 0.3) is 6.08 Å². The van der Waals surface area contributed by atoms with Gasteiger partial charge < -0.3 is 15.0 Å². The average molecular weight is 262 g/mol. The van der Waals surface area contributed by atoms with Gasteiger partial charge in [0.15, 0.2) is 0 Å². The molecule has 4 nitrogen and oxygen atoms in total. The minimum Gasteiger partial charge on any atom is -0.497 e. The van der Waals surface area contributed by atoms with Gasteiger partial charge in [-0.25, -0.2) is 0 Å². The fourth-order valence-electron chi connectivity index (χ4n) is 1.55. The Morgan fingerprint density at radius 2 is 2.00 bits per heavy atom. The first-order chi connectivity index (χ1) is 9.11. The zero-order valence-electron chi connectivity index (χ0n) is 11.8. The first-order valence-corrected chi connectivity index (χ1v) is 6.36. The van der Waals surface area contributed by atoms with Gasteiger partial charge in [-0.1, -0.05) is 12.1 Å². The van der Waals surface area contributed by atoms with Gasteiger partial charge in [-0.2, -0.15) is 0 Å². The van der Waals surface area contributed by atoms with Crippen molar-refractivity contribution in [2.24, 2.45) is 0 Å². The maximum atomic E-state index is 11.5. The molecule has 0 bridgehead atoms. The second kappa shape index (κ2) is 8.32. The number of carbonyl (C=O) groups is 1. The van der Waals surface area contributed by atoms with E-state index in [1.54, 1.807) is 19.3 Å². The Morgan fingerprint density at radius 3 is 2.58 bits per heavy atom. The van der Waals surface area contributed by atoms with Crippen molar-refractivity contribution in [2.45, 2.75) is 6.42 Å². The van der Waals surface area contributed by atoms with Crippen LogP contribution in [0.15, 0.2) is 30.3 Å². The third kappa shape index (κ3) is 6.62. The summed E-state index contributed by atoms with van der Waals surface area (Å²) >= 11 is 0. The number of nitrogens with zero attached hydrogens (tertiary/aromatic N) is 1. The van der Waals surface area contributed by atoms with Gasteiger partial charge in [0.25, 0.3) is 0 Å². The summed E-state index contributed by atoms with van der Waals surface area (Å²) in [5.74, 6) is 0.750. The van der Waals surface area contributed by atoms with Crippen LogP contribution >= 0.6 is 0 Å². The van der Waals surface area contributed by atoms with Crippen LogP contribution in [0.2, 0.25) is 0 Å². The van der Waals surface area contributed by atoms with Crippen molar-refractivity contribution in [3.63, 3.8) is 0 Å². The third-order valence-corrected chi connectivity index (χ3v) is 2.62. The van der Waals surface area contributed by atoms with Gasteiger partial charge in [0, 0.05) is 12.6 Å². The van der Waals surface area contributed by atoms with Crippen molar-refractivity contribution in [2.75, 3.05) is 34.3 Å². The van der Waals surface area contributed by atoms with Crippen molar-refractivity contribution in [1.29, 1.82) is 0 Å². The van der Waals surface area contributed by atoms with E-state index in [1.165, 1.54) is 0 Å². The Morgan fingerprint density at radius 1 is 1.32 bits per heavy atom. The highest BCUT2D eigenvalue weighted by Gasteiger charge is 1.96. The first-order valence-electron chi connectivity index (χ1n) is 6.36. The molecule has 0 saturated heterocycles. The van der Waals surface area contributed by atoms with Crippen LogP contribution in [0.5, 0.6) is 5.75 Å². The smallest absolute Gasteiger partial charge is 0.243 e. The summed E-state index contributed by atoms with van der Waals surface area (Å²) < 4.78 is 5.07. The predicted octanol–water partition coefficient (Wildman–Crippen LogP) is 1.78. The minimum absolute atomic E-state index is 0.0606. The molecule has 0 aliphatic carbocycles. The highest BCUT2D eigenvalue weighted by Crippen LogP contribution is 2.12. The summed E-state index contributed by atoms with van der Waals surface area (Å²) in [5.41, 5.74) is 0.976. The summed E-state index contributed by atoms with van der Waals surface area (Å²) in [4.78, 5) is 13.6. The molecular weight excluding hydrogens is 240 g/mol. The van der Waals surface area contributed by atoms with Crippen LogP contribution in [-0.2, 0) is 4.79 Å². The summed E-state index contributed by atoms with van der Waals surface area (Å²) in [5, 5.41) is 2.85. The lowest BCUT2D eigenvalue weighted by atomic mass is 10.2. The zero-order valence-corrected chi connectivity index (χ0v) is 11.8. The van der Waals surface area contributed by atoms with E-state index in [-0.39, 0.29) is 5.91 Å². The van der Waals surface area contributed by atoms with E-state index >= 15 is 0 Å². The van der Waals surface area contributed by atoms with Gasteiger partial charge in [0.2, 0.25) is 5.91 Å². The molecule has 0 aromatic heterocycles. The van der Waals surface area contributed by atoms with Crippen LogP contribution in [0, 0.1) is 0 Å². The molecular formula is C15H22N2O2. The molecule has 19 heavy (non-hydrogen) atoms. The van der Waals surface area contributed by atoms with Gasteiger partial charge in [-0.15, -0.1) is 0 Å². The monoisotopic (exact) mass is 262 g/mol. The quantitative estimate of drug-likeness (QED) is 0.601.